The Morgan fingerprint density at radius 1 is 1.31 bits per heavy atom. The van der Waals surface area contributed by atoms with Crippen molar-refractivity contribution < 1.29 is 10.0 Å². The minimum atomic E-state index is -0.393. The first-order valence-electron chi connectivity index (χ1n) is 8.84. The molecule has 0 saturated carbocycles. The fourth-order valence-electron chi connectivity index (χ4n) is 3.45. The predicted octanol–water partition coefficient (Wildman–Crippen LogP) is 2.21. The normalized spacial score (nSPS) is 16.0. The van der Waals surface area contributed by atoms with E-state index < -0.39 is 4.92 Å². The molecule has 0 atom stereocenters. The minimum absolute atomic E-state index is 0.0231. The molecule has 1 aliphatic rings. The number of aryl methyl sites for hydroxylation is 2. The molecule has 2 aromatic rings. The minimum Gasteiger partial charge on any atom is -0.393 e. The van der Waals surface area contributed by atoms with Crippen molar-refractivity contribution >= 4 is 11.5 Å². The highest BCUT2D eigenvalue weighted by atomic mass is 16.6. The van der Waals surface area contributed by atoms with Gasteiger partial charge in [-0.25, -0.2) is 4.68 Å². The van der Waals surface area contributed by atoms with Crippen molar-refractivity contribution in [2.45, 2.75) is 39.0 Å². The number of benzene rings is 1. The van der Waals surface area contributed by atoms with E-state index in [4.69, 9.17) is 0 Å². The molecule has 0 radical (unpaired) electrons. The Morgan fingerprint density at radius 2 is 1.96 bits per heavy atom. The molecule has 140 valence electrons. The third kappa shape index (κ3) is 4.03. The Balaban J connectivity index is 1.72. The first-order chi connectivity index (χ1) is 12.5. The van der Waals surface area contributed by atoms with Gasteiger partial charge in [0, 0.05) is 33.2 Å². The highest BCUT2D eigenvalue weighted by molar-refractivity contribution is 5.59. The van der Waals surface area contributed by atoms with Gasteiger partial charge in [-0.15, -0.1) is 0 Å². The lowest BCUT2D eigenvalue weighted by Gasteiger charge is -2.30. The Labute approximate surface area is 152 Å². The standard InChI is InChI=1S/C18H25N5O3/c1-13-17(23(25)26)18(21(2)20-13)19-11-14-5-3-4-6-15(14)12-22-9-7-16(24)8-10-22/h3-6,16,19,24H,7-12H2,1-2H3. The first kappa shape index (κ1) is 18.3. The number of nitro groups is 1. The van der Waals surface area contributed by atoms with E-state index in [1.54, 1.807) is 14.0 Å². The van der Waals surface area contributed by atoms with Crippen molar-refractivity contribution in [1.29, 1.82) is 0 Å². The molecule has 1 aromatic heterocycles. The van der Waals surface area contributed by atoms with Crippen molar-refractivity contribution in [3.63, 3.8) is 0 Å². The van der Waals surface area contributed by atoms with Crippen LogP contribution in [0.4, 0.5) is 11.5 Å². The Bertz CT molecular complexity index is 781. The largest absolute Gasteiger partial charge is 0.393 e. The van der Waals surface area contributed by atoms with Crippen molar-refractivity contribution in [3.8, 4) is 0 Å². The van der Waals surface area contributed by atoms with Crippen LogP contribution in [0.2, 0.25) is 0 Å². The molecule has 1 fully saturated rings. The van der Waals surface area contributed by atoms with Crippen LogP contribution in [-0.2, 0) is 20.1 Å². The molecular weight excluding hydrogens is 334 g/mol. The quantitative estimate of drug-likeness (QED) is 0.606. The molecule has 8 nitrogen and oxygen atoms in total. The van der Waals surface area contributed by atoms with E-state index in [0.717, 1.165) is 38.0 Å². The highest BCUT2D eigenvalue weighted by Crippen LogP contribution is 2.28. The fraction of sp³-hybridized carbons (Fsp3) is 0.500. The van der Waals surface area contributed by atoms with Crippen LogP contribution in [0.5, 0.6) is 0 Å². The van der Waals surface area contributed by atoms with Gasteiger partial charge in [0.1, 0.15) is 5.69 Å². The number of aliphatic hydroxyl groups is 1. The van der Waals surface area contributed by atoms with E-state index in [1.807, 2.05) is 18.2 Å². The summed E-state index contributed by atoms with van der Waals surface area (Å²) in [5.41, 5.74) is 2.72. The van der Waals surface area contributed by atoms with Gasteiger partial charge in [-0.1, -0.05) is 24.3 Å². The maximum Gasteiger partial charge on any atom is 0.333 e. The van der Waals surface area contributed by atoms with E-state index in [2.05, 4.69) is 21.4 Å². The number of hydrogen-bond acceptors (Lipinski definition) is 6. The summed E-state index contributed by atoms with van der Waals surface area (Å²) in [7, 11) is 1.70. The van der Waals surface area contributed by atoms with Crippen LogP contribution in [0.15, 0.2) is 24.3 Å². The molecule has 0 spiro atoms. The molecule has 26 heavy (non-hydrogen) atoms. The summed E-state index contributed by atoms with van der Waals surface area (Å²) >= 11 is 0. The molecule has 0 bridgehead atoms. The van der Waals surface area contributed by atoms with Gasteiger partial charge in [-0.3, -0.25) is 15.0 Å². The zero-order valence-corrected chi connectivity index (χ0v) is 15.2. The predicted molar refractivity (Wildman–Crippen MR) is 98.9 cm³/mol. The second kappa shape index (κ2) is 7.84. The van der Waals surface area contributed by atoms with Crippen LogP contribution in [-0.4, -0.2) is 43.9 Å². The van der Waals surface area contributed by atoms with Gasteiger partial charge in [0.15, 0.2) is 0 Å². The molecule has 1 aliphatic heterocycles. The summed E-state index contributed by atoms with van der Waals surface area (Å²) < 4.78 is 1.52. The van der Waals surface area contributed by atoms with E-state index in [9.17, 15) is 15.2 Å². The summed E-state index contributed by atoms with van der Waals surface area (Å²) in [4.78, 5) is 13.3. The van der Waals surface area contributed by atoms with Crippen LogP contribution < -0.4 is 5.32 Å². The molecule has 2 heterocycles. The molecule has 8 heteroatoms. The zero-order chi connectivity index (χ0) is 18.7. The van der Waals surface area contributed by atoms with Crippen molar-refractivity contribution in [2.75, 3.05) is 18.4 Å². The van der Waals surface area contributed by atoms with Crippen molar-refractivity contribution in [1.82, 2.24) is 14.7 Å². The first-order valence-corrected chi connectivity index (χ1v) is 8.84. The maximum atomic E-state index is 11.3. The number of aromatic nitrogens is 2. The fourth-order valence-corrected chi connectivity index (χ4v) is 3.45. The monoisotopic (exact) mass is 359 g/mol. The Kier molecular flexibility index (Phi) is 5.53. The van der Waals surface area contributed by atoms with Crippen LogP contribution in [0.25, 0.3) is 0 Å². The summed E-state index contributed by atoms with van der Waals surface area (Å²) in [6.45, 7) is 4.72. The van der Waals surface area contributed by atoms with Crippen molar-refractivity contribution in [3.05, 3.63) is 51.2 Å². The topological polar surface area (TPSA) is 96.5 Å². The summed E-state index contributed by atoms with van der Waals surface area (Å²) in [5.74, 6) is 0.420. The van der Waals surface area contributed by atoms with Crippen LogP contribution in [0, 0.1) is 17.0 Å². The second-order valence-electron chi connectivity index (χ2n) is 6.79. The van der Waals surface area contributed by atoms with Crippen molar-refractivity contribution in [2.24, 2.45) is 7.05 Å². The number of anilines is 1. The van der Waals surface area contributed by atoms with Crippen LogP contribution in [0.1, 0.15) is 29.7 Å². The summed E-state index contributed by atoms with van der Waals surface area (Å²) in [5, 5.41) is 28.3. The number of rotatable bonds is 6. The average molecular weight is 359 g/mol. The molecule has 1 aromatic carbocycles. The smallest absolute Gasteiger partial charge is 0.333 e. The lowest BCUT2D eigenvalue weighted by atomic mass is 10.0. The van der Waals surface area contributed by atoms with Gasteiger partial charge in [0.25, 0.3) is 0 Å². The molecule has 0 unspecified atom stereocenters. The van der Waals surface area contributed by atoms with E-state index in [0.29, 0.717) is 18.1 Å². The third-order valence-corrected chi connectivity index (χ3v) is 4.89. The highest BCUT2D eigenvalue weighted by Gasteiger charge is 2.24. The lowest BCUT2D eigenvalue weighted by molar-refractivity contribution is -0.384. The number of nitrogens with one attached hydrogen (secondary N) is 1. The Morgan fingerprint density at radius 3 is 2.62 bits per heavy atom. The number of aliphatic hydroxyl groups excluding tert-OH is 1. The molecule has 3 rings (SSSR count). The van der Waals surface area contributed by atoms with Gasteiger partial charge < -0.3 is 10.4 Å². The van der Waals surface area contributed by atoms with Gasteiger partial charge in [0.2, 0.25) is 5.82 Å². The van der Waals surface area contributed by atoms with Crippen LogP contribution >= 0.6 is 0 Å². The maximum absolute atomic E-state index is 11.3. The number of likely N-dealkylation sites (tertiary alicyclic amines) is 1. The van der Waals surface area contributed by atoms with E-state index in [1.165, 1.54) is 10.2 Å². The van der Waals surface area contributed by atoms with Gasteiger partial charge in [0.05, 0.1) is 11.0 Å². The lowest BCUT2D eigenvalue weighted by Crippen LogP contribution is -2.35. The average Bonchev–Trinajstić information content (AvgIpc) is 2.89. The molecule has 2 N–H and O–H groups in total. The molecule has 0 amide bonds. The zero-order valence-electron chi connectivity index (χ0n) is 15.2. The molecular formula is C18H25N5O3. The Hall–Kier alpha value is -2.45. The summed E-state index contributed by atoms with van der Waals surface area (Å²) in [6, 6.07) is 8.11. The second-order valence-corrected chi connectivity index (χ2v) is 6.79. The van der Waals surface area contributed by atoms with Gasteiger partial charge in [-0.05, 0) is 30.9 Å². The summed E-state index contributed by atoms with van der Waals surface area (Å²) in [6.07, 6.45) is 1.43. The van der Waals surface area contributed by atoms with E-state index >= 15 is 0 Å². The SMILES string of the molecule is Cc1nn(C)c(NCc2ccccc2CN2CCC(O)CC2)c1[N+](=O)[O-]. The van der Waals surface area contributed by atoms with Gasteiger partial charge in [-0.2, -0.15) is 5.10 Å². The third-order valence-electron chi connectivity index (χ3n) is 4.89. The number of piperidine rings is 1. The van der Waals surface area contributed by atoms with Crippen LogP contribution in [0.3, 0.4) is 0 Å². The van der Waals surface area contributed by atoms with E-state index in [-0.39, 0.29) is 11.8 Å². The number of nitrogens with zero attached hydrogens (tertiary/aromatic N) is 4. The number of hydrogen-bond donors (Lipinski definition) is 2. The molecule has 0 aliphatic carbocycles. The molecule has 1 saturated heterocycles. The van der Waals surface area contributed by atoms with Gasteiger partial charge >= 0.3 is 5.69 Å².